The molecule has 1 fully saturated rings. The van der Waals surface area contributed by atoms with E-state index in [1.165, 1.54) is 22.4 Å². The Bertz CT molecular complexity index is 404. The molecule has 0 bridgehead atoms. The lowest BCUT2D eigenvalue weighted by atomic mass is 10.0. The summed E-state index contributed by atoms with van der Waals surface area (Å²) in [6.07, 6.45) is 0. The molecule has 1 aliphatic heterocycles. The number of piperazine rings is 1. The molecule has 0 aromatic heterocycles. The maximum absolute atomic E-state index is 2.57. The second-order valence-electron chi connectivity index (χ2n) is 6.02. The van der Waals surface area contributed by atoms with Gasteiger partial charge in [0.25, 0.3) is 0 Å². The molecule has 0 radical (unpaired) electrons. The van der Waals surface area contributed by atoms with Crippen LogP contribution in [0, 0.1) is 20.8 Å². The van der Waals surface area contributed by atoms with Crippen LogP contribution in [0.1, 0.15) is 30.5 Å². The number of hydrogen-bond donors (Lipinski definition) is 0. The summed E-state index contributed by atoms with van der Waals surface area (Å²) >= 11 is 0. The summed E-state index contributed by atoms with van der Waals surface area (Å²) in [7, 11) is 2.24. The summed E-state index contributed by atoms with van der Waals surface area (Å²) in [5.74, 6) is 0. The molecule has 0 spiro atoms. The normalized spacial score (nSPS) is 25.6. The van der Waals surface area contributed by atoms with Gasteiger partial charge in [-0.2, -0.15) is 0 Å². The minimum Gasteiger partial charge on any atom is -0.368 e. The Labute approximate surface area is 112 Å². The van der Waals surface area contributed by atoms with Gasteiger partial charge in [-0.3, -0.25) is 4.90 Å². The van der Waals surface area contributed by atoms with Crippen molar-refractivity contribution in [1.29, 1.82) is 0 Å². The van der Waals surface area contributed by atoms with Gasteiger partial charge in [0.05, 0.1) is 0 Å². The zero-order chi connectivity index (χ0) is 13.4. The molecule has 1 heterocycles. The Morgan fingerprint density at radius 1 is 0.944 bits per heavy atom. The minimum atomic E-state index is 0.619. The first-order valence-electron chi connectivity index (χ1n) is 6.95. The Hall–Kier alpha value is -1.02. The second-order valence-corrected chi connectivity index (χ2v) is 6.02. The predicted molar refractivity (Wildman–Crippen MR) is 79.6 cm³/mol. The molecular weight excluding hydrogens is 220 g/mol. The third-order valence-corrected chi connectivity index (χ3v) is 4.31. The molecule has 0 unspecified atom stereocenters. The molecule has 1 saturated heterocycles. The predicted octanol–water partition coefficient (Wildman–Crippen LogP) is 3.14. The minimum absolute atomic E-state index is 0.619. The van der Waals surface area contributed by atoms with E-state index >= 15 is 0 Å². The monoisotopic (exact) mass is 246 g/mol. The first-order chi connectivity index (χ1) is 8.40. The van der Waals surface area contributed by atoms with Crippen molar-refractivity contribution in [2.75, 3.05) is 25.0 Å². The highest BCUT2D eigenvalue weighted by molar-refractivity contribution is 5.60. The zero-order valence-corrected chi connectivity index (χ0v) is 12.6. The molecule has 2 atom stereocenters. The smallest absolute Gasteiger partial charge is 0.0426 e. The number of likely N-dealkylation sites (N-methyl/N-ethyl adjacent to an activating group) is 1. The van der Waals surface area contributed by atoms with Crippen LogP contribution in [0.5, 0.6) is 0 Å². The van der Waals surface area contributed by atoms with Gasteiger partial charge in [0.1, 0.15) is 0 Å². The summed E-state index contributed by atoms with van der Waals surface area (Å²) < 4.78 is 0. The third-order valence-electron chi connectivity index (χ3n) is 4.31. The number of aryl methyl sites for hydroxylation is 3. The van der Waals surface area contributed by atoms with E-state index in [-0.39, 0.29) is 0 Å². The van der Waals surface area contributed by atoms with Gasteiger partial charge < -0.3 is 4.90 Å². The van der Waals surface area contributed by atoms with Crippen LogP contribution < -0.4 is 4.90 Å². The quantitative estimate of drug-likeness (QED) is 0.751. The lowest BCUT2D eigenvalue weighted by Crippen LogP contribution is -2.55. The van der Waals surface area contributed by atoms with Crippen molar-refractivity contribution in [2.24, 2.45) is 0 Å². The molecule has 100 valence electrons. The van der Waals surface area contributed by atoms with Gasteiger partial charge in [-0.05, 0) is 52.8 Å². The number of rotatable bonds is 1. The molecule has 1 aromatic rings. The molecule has 2 nitrogen and oxygen atoms in total. The molecule has 2 rings (SSSR count). The molecule has 2 heteroatoms. The highest BCUT2D eigenvalue weighted by Crippen LogP contribution is 2.29. The molecular formula is C16H26N2. The number of nitrogens with zero attached hydrogens (tertiary/aromatic N) is 2. The summed E-state index contributed by atoms with van der Waals surface area (Å²) in [4.78, 5) is 5.05. The number of benzene rings is 1. The van der Waals surface area contributed by atoms with E-state index in [0.29, 0.717) is 12.1 Å². The number of hydrogen-bond acceptors (Lipinski definition) is 2. The highest BCUT2D eigenvalue weighted by atomic mass is 15.3. The van der Waals surface area contributed by atoms with Crippen LogP contribution in [0.15, 0.2) is 12.1 Å². The maximum Gasteiger partial charge on any atom is 0.0426 e. The topological polar surface area (TPSA) is 6.48 Å². The molecule has 1 aliphatic rings. The van der Waals surface area contributed by atoms with Gasteiger partial charge in [-0.25, -0.2) is 0 Å². The fourth-order valence-corrected chi connectivity index (χ4v) is 3.26. The summed E-state index contributed by atoms with van der Waals surface area (Å²) in [6.45, 7) is 13.6. The van der Waals surface area contributed by atoms with Crippen LogP contribution in [-0.4, -0.2) is 37.1 Å². The first-order valence-corrected chi connectivity index (χ1v) is 6.95. The number of anilines is 1. The largest absolute Gasteiger partial charge is 0.368 e. The van der Waals surface area contributed by atoms with E-state index < -0.39 is 0 Å². The standard InChI is InChI=1S/C16H26N2/c1-11-7-12(2)16(13(3)8-11)18-9-14(4)17(6)15(5)10-18/h7-8,14-15H,9-10H2,1-6H3/t14-,15+. The van der Waals surface area contributed by atoms with Crippen molar-refractivity contribution in [2.45, 2.75) is 46.7 Å². The lowest BCUT2D eigenvalue weighted by molar-refractivity contribution is 0.170. The Balaban J connectivity index is 2.32. The fraction of sp³-hybridized carbons (Fsp3) is 0.625. The van der Waals surface area contributed by atoms with Crippen molar-refractivity contribution in [3.63, 3.8) is 0 Å². The molecule has 18 heavy (non-hydrogen) atoms. The summed E-state index contributed by atoms with van der Waals surface area (Å²) in [5, 5.41) is 0. The molecule has 0 aliphatic carbocycles. The molecule has 0 amide bonds. The highest BCUT2D eigenvalue weighted by Gasteiger charge is 2.27. The Morgan fingerprint density at radius 2 is 1.39 bits per heavy atom. The van der Waals surface area contributed by atoms with E-state index in [1.54, 1.807) is 0 Å². The van der Waals surface area contributed by atoms with Gasteiger partial charge in [-0.15, -0.1) is 0 Å². The second kappa shape index (κ2) is 4.93. The van der Waals surface area contributed by atoms with Crippen LogP contribution in [-0.2, 0) is 0 Å². The average Bonchev–Trinajstić information content (AvgIpc) is 2.24. The molecule has 1 aromatic carbocycles. The van der Waals surface area contributed by atoms with Crippen molar-refractivity contribution in [3.8, 4) is 0 Å². The van der Waals surface area contributed by atoms with Crippen LogP contribution in [0.3, 0.4) is 0 Å². The Morgan fingerprint density at radius 3 is 1.83 bits per heavy atom. The SMILES string of the molecule is Cc1cc(C)c(N2C[C@@H](C)N(C)[C@@H](C)C2)c(C)c1. The van der Waals surface area contributed by atoms with Crippen LogP contribution in [0.4, 0.5) is 5.69 Å². The van der Waals surface area contributed by atoms with Crippen LogP contribution >= 0.6 is 0 Å². The third kappa shape index (κ3) is 2.39. The first kappa shape index (κ1) is 13.4. The Kier molecular flexibility index (Phi) is 3.67. The van der Waals surface area contributed by atoms with Gasteiger partial charge in [0, 0.05) is 30.9 Å². The average molecular weight is 246 g/mol. The summed E-state index contributed by atoms with van der Waals surface area (Å²) in [5.41, 5.74) is 5.64. The van der Waals surface area contributed by atoms with Crippen molar-refractivity contribution in [3.05, 3.63) is 28.8 Å². The zero-order valence-electron chi connectivity index (χ0n) is 12.6. The maximum atomic E-state index is 2.57. The van der Waals surface area contributed by atoms with E-state index in [9.17, 15) is 0 Å². The molecule has 0 saturated carbocycles. The molecule has 0 N–H and O–H groups in total. The van der Waals surface area contributed by atoms with Crippen LogP contribution in [0.25, 0.3) is 0 Å². The fourth-order valence-electron chi connectivity index (χ4n) is 3.26. The van der Waals surface area contributed by atoms with E-state index in [0.717, 1.165) is 13.1 Å². The van der Waals surface area contributed by atoms with E-state index in [2.05, 4.69) is 63.6 Å². The van der Waals surface area contributed by atoms with Gasteiger partial charge in [-0.1, -0.05) is 17.7 Å². The van der Waals surface area contributed by atoms with Gasteiger partial charge >= 0.3 is 0 Å². The summed E-state index contributed by atoms with van der Waals surface area (Å²) in [6, 6.07) is 5.84. The van der Waals surface area contributed by atoms with Gasteiger partial charge in [0.15, 0.2) is 0 Å². The van der Waals surface area contributed by atoms with Crippen molar-refractivity contribution >= 4 is 5.69 Å². The van der Waals surface area contributed by atoms with Crippen LogP contribution in [0.2, 0.25) is 0 Å². The van der Waals surface area contributed by atoms with E-state index in [1.807, 2.05) is 0 Å². The van der Waals surface area contributed by atoms with Gasteiger partial charge in [0.2, 0.25) is 0 Å². The van der Waals surface area contributed by atoms with Crippen molar-refractivity contribution < 1.29 is 0 Å². The van der Waals surface area contributed by atoms with E-state index in [4.69, 9.17) is 0 Å². The van der Waals surface area contributed by atoms with Crippen molar-refractivity contribution in [1.82, 2.24) is 4.90 Å². The lowest BCUT2D eigenvalue weighted by Gasteiger charge is -2.44.